The molecule has 0 unspecified atom stereocenters. The zero-order valence-electron chi connectivity index (χ0n) is 24.9. The first-order valence-electron chi connectivity index (χ1n) is 14.5. The molecule has 6 rings (SSSR count). The van der Waals surface area contributed by atoms with Crippen molar-refractivity contribution in [2.45, 2.75) is 12.6 Å². The predicted octanol–water partition coefficient (Wildman–Crippen LogP) is 8.63. The molecule has 2 heterocycles. The summed E-state index contributed by atoms with van der Waals surface area (Å²) in [4.78, 5) is 28.0. The van der Waals surface area contributed by atoms with Gasteiger partial charge in [-0.1, -0.05) is 66.7 Å². The molecule has 0 fully saturated rings. The lowest BCUT2D eigenvalue weighted by molar-refractivity contribution is -0.384. The van der Waals surface area contributed by atoms with Gasteiger partial charge in [-0.05, 0) is 47.5 Å². The summed E-state index contributed by atoms with van der Waals surface area (Å²) in [5.41, 5.74) is 7.06. The van der Waals surface area contributed by atoms with Crippen molar-refractivity contribution in [3.05, 3.63) is 148 Å². The molecule has 9 nitrogen and oxygen atoms in total. The monoisotopic (exact) mass is 666 g/mol. The number of nitro groups is 1. The molecule has 0 saturated carbocycles. The lowest BCUT2D eigenvalue weighted by atomic mass is 10.1. The Balaban J connectivity index is 1.25. The number of aromatic nitrogens is 2. The summed E-state index contributed by atoms with van der Waals surface area (Å²) < 4.78 is 41.2. The maximum atomic E-state index is 13.1. The lowest BCUT2D eigenvalue weighted by Crippen LogP contribution is -2.20. The van der Waals surface area contributed by atoms with Crippen molar-refractivity contribution in [2.75, 3.05) is 5.32 Å². The molecule has 0 spiro atoms. The average molecular weight is 667 g/mol. The molecule has 0 radical (unpaired) electrons. The highest BCUT2D eigenvalue weighted by molar-refractivity contribution is 7.13. The molecule has 0 atom stereocenters. The number of alkyl halides is 3. The highest BCUT2D eigenvalue weighted by atomic mass is 32.1. The Bertz CT molecular complexity index is 2090. The van der Waals surface area contributed by atoms with Crippen LogP contribution in [0.1, 0.15) is 16.8 Å². The Hall–Kier alpha value is -6.08. The van der Waals surface area contributed by atoms with Gasteiger partial charge >= 0.3 is 6.18 Å². The summed E-state index contributed by atoms with van der Waals surface area (Å²) in [6.45, 7) is 0. The third-order valence-corrected chi connectivity index (χ3v) is 8.00. The Kier molecular flexibility index (Phi) is 9.12. The number of non-ortho nitro benzene ring substituents is 1. The number of amides is 1. The third kappa shape index (κ3) is 7.32. The molecule has 0 aliphatic rings. The number of nitrogens with zero attached hydrogens (tertiary/aromatic N) is 4. The molecule has 48 heavy (non-hydrogen) atoms. The van der Waals surface area contributed by atoms with E-state index in [9.17, 15) is 28.1 Å². The fourth-order valence-corrected chi connectivity index (χ4v) is 5.78. The fraction of sp³-hybridized carbons (Fsp3) is 0.0571. The number of hydrogen-bond donors (Lipinski definition) is 2. The number of hydrazone groups is 1. The van der Waals surface area contributed by atoms with Crippen molar-refractivity contribution in [2.24, 2.45) is 5.10 Å². The standard InChI is InChI=1S/C35H25F3N6O3S/c36-35(37,38)26-12-7-13-27(19-26)40-34-41-28(22-48-34)20-32(45)42-39-21-25-18-31(23-8-3-1-4-9-23)43(33(25)24-10-5-2-6-11-24)29-14-16-30(17-15-29)44(46)47/h1-19,21-22H,20H2,(H,40,41)(H,42,45)/b39-21-. The number of nitro benzene ring substituents is 1. The summed E-state index contributed by atoms with van der Waals surface area (Å²) in [6.07, 6.45) is -3.04. The topological polar surface area (TPSA) is 114 Å². The maximum Gasteiger partial charge on any atom is 0.416 e. The smallest absolute Gasteiger partial charge is 0.332 e. The molecule has 13 heteroatoms. The molecule has 240 valence electrons. The van der Waals surface area contributed by atoms with Crippen LogP contribution >= 0.6 is 11.3 Å². The number of rotatable bonds is 10. The number of halogens is 3. The molecule has 0 aliphatic heterocycles. The van der Waals surface area contributed by atoms with Crippen LogP contribution in [0.2, 0.25) is 0 Å². The Morgan fingerprint density at radius 1 is 0.917 bits per heavy atom. The van der Waals surface area contributed by atoms with Crippen molar-refractivity contribution in [1.82, 2.24) is 15.0 Å². The Morgan fingerprint density at radius 2 is 1.60 bits per heavy atom. The van der Waals surface area contributed by atoms with Gasteiger partial charge in [0.25, 0.3) is 5.69 Å². The van der Waals surface area contributed by atoms with Gasteiger partial charge in [0.2, 0.25) is 5.91 Å². The predicted molar refractivity (Wildman–Crippen MR) is 180 cm³/mol. The third-order valence-electron chi connectivity index (χ3n) is 7.19. The van der Waals surface area contributed by atoms with Gasteiger partial charge in [-0.15, -0.1) is 11.3 Å². The van der Waals surface area contributed by atoms with Gasteiger partial charge in [-0.2, -0.15) is 18.3 Å². The summed E-state index contributed by atoms with van der Waals surface area (Å²) in [5.74, 6) is -0.443. The van der Waals surface area contributed by atoms with E-state index >= 15 is 0 Å². The van der Waals surface area contributed by atoms with Gasteiger partial charge in [0.05, 0.1) is 40.2 Å². The van der Waals surface area contributed by atoms with Crippen molar-refractivity contribution in [3.8, 4) is 28.2 Å². The Morgan fingerprint density at radius 3 is 2.27 bits per heavy atom. The summed E-state index contributed by atoms with van der Waals surface area (Å²) in [7, 11) is 0. The zero-order valence-corrected chi connectivity index (χ0v) is 25.7. The maximum absolute atomic E-state index is 13.1. The summed E-state index contributed by atoms with van der Waals surface area (Å²) >= 11 is 1.16. The van der Waals surface area contributed by atoms with Crippen molar-refractivity contribution >= 4 is 40.0 Å². The molecule has 0 bridgehead atoms. The number of benzene rings is 4. The average Bonchev–Trinajstić information content (AvgIpc) is 3.69. The zero-order chi connectivity index (χ0) is 33.7. The van der Waals surface area contributed by atoms with Gasteiger partial charge in [0.1, 0.15) is 0 Å². The van der Waals surface area contributed by atoms with Crippen LogP contribution < -0.4 is 10.7 Å². The van der Waals surface area contributed by atoms with E-state index in [2.05, 4.69) is 20.8 Å². The second-order valence-corrected chi connectivity index (χ2v) is 11.4. The molecular formula is C35H25F3N6O3S. The van der Waals surface area contributed by atoms with Crippen LogP contribution in [0, 0.1) is 10.1 Å². The van der Waals surface area contributed by atoms with Gasteiger partial charge in [-0.25, -0.2) is 10.4 Å². The summed E-state index contributed by atoms with van der Waals surface area (Å²) in [5, 5.41) is 20.4. The van der Waals surface area contributed by atoms with Crippen LogP contribution in [-0.2, 0) is 17.4 Å². The fourth-order valence-electron chi connectivity index (χ4n) is 5.05. The number of anilines is 2. The quantitative estimate of drug-likeness (QED) is 0.0863. The molecule has 0 aliphatic carbocycles. The number of thiazole rings is 1. The number of carbonyl (C=O) groups is 1. The van der Waals surface area contributed by atoms with Gasteiger partial charge in [0, 0.05) is 34.5 Å². The molecular weight excluding hydrogens is 641 g/mol. The van der Waals surface area contributed by atoms with E-state index in [1.54, 1.807) is 17.5 Å². The van der Waals surface area contributed by atoms with Crippen molar-refractivity contribution < 1.29 is 22.9 Å². The highest BCUT2D eigenvalue weighted by Gasteiger charge is 2.30. The molecule has 2 aromatic heterocycles. The molecule has 6 aromatic rings. The van der Waals surface area contributed by atoms with Crippen LogP contribution in [-0.4, -0.2) is 26.6 Å². The minimum Gasteiger partial charge on any atom is -0.332 e. The number of nitrogens with one attached hydrogen (secondary N) is 2. The van der Waals surface area contributed by atoms with E-state index in [1.807, 2.05) is 71.3 Å². The Labute approximate surface area is 276 Å². The first-order chi connectivity index (χ1) is 23.2. The molecule has 0 saturated heterocycles. The highest BCUT2D eigenvalue weighted by Crippen LogP contribution is 2.36. The minimum atomic E-state index is -4.47. The first-order valence-corrected chi connectivity index (χ1v) is 15.4. The van der Waals surface area contributed by atoms with E-state index in [0.717, 1.165) is 46.0 Å². The van der Waals surface area contributed by atoms with E-state index in [0.29, 0.717) is 22.1 Å². The van der Waals surface area contributed by atoms with Crippen LogP contribution in [0.25, 0.3) is 28.2 Å². The van der Waals surface area contributed by atoms with Gasteiger partial charge in [-0.3, -0.25) is 14.9 Å². The van der Waals surface area contributed by atoms with E-state index in [4.69, 9.17) is 0 Å². The molecule has 4 aromatic carbocycles. The number of carbonyl (C=O) groups excluding carboxylic acids is 1. The minimum absolute atomic E-state index is 0.0309. The van der Waals surface area contributed by atoms with E-state index in [1.165, 1.54) is 30.5 Å². The first kappa shape index (κ1) is 31.9. The second kappa shape index (κ2) is 13.7. The largest absolute Gasteiger partial charge is 0.416 e. The van der Waals surface area contributed by atoms with Crippen LogP contribution in [0.4, 0.5) is 29.7 Å². The summed E-state index contributed by atoms with van der Waals surface area (Å²) in [6, 6.07) is 32.2. The van der Waals surface area contributed by atoms with E-state index < -0.39 is 22.6 Å². The van der Waals surface area contributed by atoms with Crippen molar-refractivity contribution in [3.63, 3.8) is 0 Å². The normalized spacial score (nSPS) is 11.5. The van der Waals surface area contributed by atoms with Crippen LogP contribution in [0.3, 0.4) is 0 Å². The van der Waals surface area contributed by atoms with E-state index in [-0.39, 0.29) is 17.8 Å². The van der Waals surface area contributed by atoms with Crippen LogP contribution in [0.5, 0.6) is 0 Å². The van der Waals surface area contributed by atoms with Crippen molar-refractivity contribution in [1.29, 1.82) is 0 Å². The van der Waals surface area contributed by atoms with Gasteiger partial charge < -0.3 is 9.88 Å². The molecule has 2 N–H and O–H groups in total. The van der Waals surface area contributed by atoms with Gasteiger partial charge in [0.15, 0.2) is 5.13 Å². The van der Waals surface area contributed by atoms with Crippen LogP contribution in [0.15, 0.2) is 126 Å². The second-order valence-electron chi connectivity index (χ2n) is 10.5. The lowest BCUT2D eigenvalue weighted by Gasteiger charge is -2.15. The molecule has 1 amide bonds. The number of hydrogen-bond acceptors (Lipinski definition) is 7. The SMILES string of the molecule is O=C(Cc1csc(Nc2cccc(C(F)(F)F)c2)n1)N/N=C\c1cc(-c2ccccc2)n(-c2ccc([N+](=O)[O-])cc2)c1-c1ccccc1.